The van der Waals surface area contributed by atoms with Gasteiger partial charge in [0.2, 0.25) is 0 Å². The number of thioether (sulfide) groups is 1. The number of nitrogens with two attached hydrogens (primary N) is 1. The fourth-order valence-corrected chi connectivity index (χ4v) is 1.54. The number of nitrogens with one attached hydrogen (secondary N) is 1. The standard InChI is InChI=1S/C5H11N3S/c1-7-8-2-3-9-5(8)4-6/h2-3,5,7H,4,6H2,1H3. The SMILES string of the molecule is CNN1C=CSC1CN. The zero-order valence-electron chi connectivity index (χ0n) is 5.37. The number of rotatable bonds is 2. The molecule has 0 spiro atoms. The van der Waals surface area contributed by atoms with E-state index in [0.29, 0.717) is 11.9 Å². The van der Waals surface area contributed by atoms with Crippen molar-refractivity contribution in [3.8, 4) is 0 Å². The van der Waals surface area contributed by atoms with Gasteiger partial charge in [-0.15, -0.1) is 11.8 Å². The topological polar surface area (TPSA) is 41.3 Å². The second-order valence-corrected chi connectivity index (χ2v) is 2.83. The second-order valence-electron chi connectivity index (χ2n) is 1.74. The van der Waals surface area contributed by atoms with Crippen LogP contribution in [0.5, 0.6) is 0 Å². The van der Waals surface area contributed by atoms with Crippen molar-refractivity contribution >= 4 is 11.8 Å². The van der Waals surface area contributed by atoms with Gasteiger partial charge >= 0.3 is 0 Å². The first-order valence-electron chi connectivity index (χ1n) is 2.86. The highest BCUT2D eigenvalue weighted by atomic mass is 32.2. The van der Waals surface area contributed by atoms with Gasteiger partial charge in [-0.2, -0.15) is 0 Å². The van der Waals surface area contributed by atoms with E-state index in [4.69, 9.17) is 5.73 Å². The molecule has 52 valence electrons. The van der Waals surface area contributed by atoms with Crippen molar-refractivity contribution in [3.05, 3.63) is 11.6 Å². The normalized spacial score (nSPS) is 25.6. The predicted molar refractivity (Wildman–Crippen MR) is 40.5 cm³/mol. The molecule has 0 saturated carbocycles. The molecule has 0 aliphatic carbocycles. The number of hydrazine groups is 1. The van der Waals surface area contributed by atoms with Crippen LogP contribution in [0, 0.1) is 0 Å². The van der Waals surface area contributed by atoms with Crippen LogP contribution in [0.3, 0.4) is 0 Å². The third kappa shape index (κ3) is 1.38. The van der Waals surface area contributed by atoms with Crippen LogP contribution >= 0.6 is 11.8 Å². The van der Waals surface area contributed by atoms with E-state index in [9.17, 15) is 0 Å². The molecule has 0 amide bonds. The van der Waals surface area contributed by atoms with Crippen LogP contribution in [-0.2, 0) is 0 Å². The van der Waals surface area contributed by atoms with Gasteiger partial charge in [0.05, 0.1) is 0 Å². The van der Waals surface area contributed by atoms with Crippen molar-refractivity contribution in [2.75, 3.05) is 13.6 Å². The summed E-state index contributed by atoms with van der Waals surface area (Å²) in [6, 6.07) is 0. The highest BCUT2D eigenvalue weighted by Crippen LogP contribution is 2.21. The molecule has 1 aliphatic rings. The van der Waals surface area contributed by atoms with E-state index < -0.39 is 0 Å². The highest BCUT2D eigenvalue weighted by molar-refractivity contribution is 8.02. The Balaban J connectivity index is 2.39. The molecule has 0 bridgehead atoms. The molecule has 1 atom stereocenters. The summed E-state index contributed by atoms with van der Waals surface area (Å²) in [6.45, 7) is 0.679. The average Bonchev–Trinajstić information content (AvgIpc) is 2.33. The summed E-state index contributed by atoms with van der Waals surface area (Å²) in [5, 5.41) is 4.41. The van der Waals surface area contributed by atoms with Gasteiger partial charge in [0.1, 0.15) is 5.37 Å². The molecule has 0 aromatic rings. The predicted octanol–water partition coefficient (Wildman–Crippen LogP) is -0.0744. The van der Waals surface area contributed by atoms with Crippen molar-refractivity contribution in [1.82, 2.24) is 10.4 Å². The lowest BCUT2D eigenvalue weighted by Crippen LogP contribution is -2.39. The van der Waals surface area contributed by atoms with Gasteiger partial charge in [-0.1, -0.05) is 0 Å². The van der Waals surface area contributed by atoms with Gasteiger partial charge in [-0.25, -0.2) is 5.43 Å². The lowest BCUT2D eigenvalue weighted by molar-refractivity contribution is 0.289. The molecule has 4 heteroatoms. The van der Waals surface area contributed by atoms with Crippen molar-refractivity contribution < 1.29 is 0 Å². The van der Waals surface area contributed by atoms with E-state index in [1.165, 1.54) is 0 Å². The third-order valence-electron chi connectivity index (χ3n) is 1.23. The summed E-state index contributed by atoms with van der Waals surface area (Å²) in [5.41, 5.74) is 8.47. The molecule has 1 rings (SSSR count). The Kier molecular flexibility index (Phi) is 2.38. The van der Waals surface area contributed by atoms with Crippen LogP contribution in [0.2, 0.25) is 0 Å². The molecular formula is C5H11N3S. The van der Waals surface area contributed by atoms with Crippen LogP contribution in [0.25, 0.3) is 0 Å². The van der Waals surface area contributed by atoms with Gasteiger partial charge in [-0.05, 0) is 5.41 Å². The Hall–Kier alpha value is -0.190. The summed E-state index contributed by atoms with van der Waals surface area (Å²) in [4.78, 5) is 0. The maximum atomic E-state index is 5.46. The molecule has 0 saturated heterocycles. The quantitative estimate of drug-likeness (QED) is 0.570. The lowest BCUT2D eigenvalue weighted by Gasteiger charge is -2.21. The zero-order chi connectivity index (χ0) is 6.69. The van der Waals surface area contributed by atoms with Crippen molar-refractivity contribution in [1.29, 1.82) is 0 Å². The Morgan fingerprint density at radius 3 is 3.11 bits per heavy atom. The fourth-order valence-electron chi connectivity index (χ4n) is 0.741. The first-order valence-corrected chi connectivity index (χ1v) is 3.80. The molecular weight excluding hydrogens is 134 g/mol. The van der Waals surface area contributed by atoms with Crippen molar-refractivity contribution in [3.63, 3.8) is 0 Å². The first kappa shape index (κ1) is 6.92. The maximum Gasteiger partial charge on any atom is 0.106 e. The Morgan fingerprint density at radius 1 is 1.89 bits per heavy atom. The summed E-state index contributed by atoms with van der Waals surface area (Å²) < 4.78 is 0. The Morgan fingerprint density at radius 2 is 2.67 bits per heavy atom. The zero-order valence-corrected chi connectivity index (χ0v) is 6.19. The molecule has 9 heavy (non-hydrogen) atoms. The van der Waals surface area contributed by atoms with Gasteiger partial charge in [-0.3, -0.25) is 0 Å². The largest absolute Gasteiger partial charge is 0.328 e. The highest BCUT2D eigenvalue weighted by Gasteiger charge is 2.15. The summed E-state index contributed by atoms with van der Waals surface area (Å²) in [6.07, 6.45) is 1.99. The van der Waals surface area contributed by atoms with Crippen molar-refractivity contribution in [2.45, 2.75) is 5.37 Å². The molecule has 3 N–H and O–H groups in total. The van der Waals surface area contributed by atoms with E-state index in [0.717, 1.165) is 0 Å². The summed E-state index contributed by atoms with van der Waals surface area (Å²) in [7, 11) is 1.89. The minimum absolute atomic E-state index is 0.384. The first-order chi connectivity index (χ1) is 4.38. The Bertz CT molecular complexity index is 115. The van der Waals surface area contributed by atoms with Crippen LogP contribution in [0.1, 0.15) is 0 Å². The van der Waals surface area contributed by atoms with Gasteiger partial charge in [0.15, 0.2) is 0 Å². The van der Waals surface area contributed by atoms with E-state index in [1.54, 1.807) is 11.8 Å². The second kappa shape index (κ2) is 3.10. The monoisotopic (exact) mass is 145 g/mol. The molecule has 0 aromatic carbocycles. The van der Waals surface area contributed by atoms with Gasteiger partial charge in [0.25, 0.3) is 0 Å². The molecule has 3 nitrogen and oxygen atoms in total. The number of hydrogen-bond acceptors (Lipinski definition) is 4. The van der Waals surface area contributed by atoms with Crippen LogP contribution in [0.4, 0.5) is 0 Å². The number of hydrogen-bond donors (Lipinski definition) is 2. The molecule has 0 fully saturated rings. The minimum atomic E-state index is 0.384. The smallest absolute Gasteiger partial charge is 0.106 e. The molecule has 1 heterocycles. The van der Waals surface area contributed by atoms with Crippen LogP contribution < -0.4 is 11.2 Å². The molecule has 1 unspecified atom stereocenters. The van der Waals surface area contributed by atoms with E-state index in [2.05, 4.69) is 5.43 Å². The molecule has 1 aliphatic heterocycles. The summed E-state index contributed by atoms with van der Waals surface area (Å²) in [5.74, 6) is 0. The summed E-state index contributed by atoms with van der Waals surface area (Å²) >= 11 is 1.73. The minimum Gasteiger partial charge on any atom is -0.328 e. The van der Waals surface area contributed by atoms with Crippen molar-refractivity contribution in [2.24, 2.45) is 5.73 Å². The maximum absolute atomic E-state index is 5.46. The molecule has 0 radical (unpaired) electrons. The molecule has 0 aromatic heterocycles. The lowest BCUT2D eigenvalue weighted by atomic mass is 10.6. The Labute approximate surface area is 59.2 Å². The van der Waals surface area contributed by atoms with Gasteiger partial charge < -0.3 is 10.7 Å². The van der Waals surface area contributed by atoms with Crippen LogP contribution in [-0.4, -0.2) is 24.0 Å². The van der Waals surface area contributed by atoms with E-state index in [-0.39, 0.29) is 0 Å². The van der Waals surface area contributed by atoms with E-state index >= 15 is 0 Å². The fraction of sp³-hybridized carbons (Fsp3) is 0.600. The third-order valence-corrected chi connectivity index (χ3v) is 2.24. The number of nitrogens with zero attached hydrogens (tertiary/aromatic N) is 1. The van der Waals surface area contributed by atoms with Gasteiger partial charge in [0, 0.05) is 19.8 Å². The average molecular weight is 145 g/mol. The van der Waals surface area contributed by atoms with Crippen LogP contribution in [0.15, 0.2) is 11.6 Å². The van der Waals surface area contributed by atoms with E-state index in [1.807, 2.05) is 23.7 Å².